The van der Waals surface area contributed by atoms with Crippen LogP contribution in [0.2, 0.25) is 0 Å². The molecule has 2 heteroatoms. The average Bonchev–Trinajstić information content (AvgIpc) is 2.25. The zero-order chi connectivity index (χ0) is 13.1. The second kappa shape index (κ2) is 5.99. The Morgan fingerprint density at radius 2 is 1.71 bits per heavy atom. The molecule has 0 amide bonds. The van der Waals surface area contributed by atoms with Crippen molar-refractivity contribution < 1.29 is 4.79 Å². The van der Waals surface area contributed by atoms with Gasteiger partial charge in [-0.15, -0.1) is 0 Å². The van der Waals surface area contributed by atoms with Crippen LogP contribution in [0, 0.1) is 17.8 Å². The summed E-state index contributed by atoms with van der Waals surface area (Å²) in [7, 11) is 0. The van der Waals surface area contributed by atoms with E-state index in [1.54, 1.807) is 0 Å². The minimum atomic E-state index is 0.212. The molecule has 0 aromatic heterocycles. The molecule has 0 bridgehead atoms. The Morgan fingerprint density at radius 3 is 2.12 bits per heavy atom. The number of nitrogens with one attached hydrogen (secondary N) is 1. The third kappa shape index (κ3) is 5.20. The van der Waals surface area contributed by atoms with Gasteiger partial charge < -0.3 is 5.32 Å². The number of Topliss-reactive ketones (excluding diaryl/α,β-unsaturated/α-hetero) is 1. The van der Waals surface area contributed by atoms with E-state index in [1.165, 1.54) is 12.8 Å². The molecule has 1 saturated carbocycles. The molecule has 0 unspecified atom stereocenters. The Kier molecular flexibility index (Phi) is 5.18. The molecule has 2 nitrogen and oxygen atoms in total. The zero-order valence-electron chi connectivity index (χ0n) is 12.2. The van der Waals surface area contributed by atoms with Gasteiger partial charge in [-0.1, -0.05) is 13.8 Å². The van der Waals surface area contributed by atoms with E-state index >= 15 is 0 Å². The predicted octanol–water partition coefficient (Wildman–Crippen LogP) is 3.41. The molecule has 0 heterocycles. The van der Waals surface area contributed by atoms with Crippen LogP contribution < -0.4 is 5.32 Å². The first kappa shape index (κ1) is 14.7. The van der Waals surface area contributed by atoms with Crippen molar-refractivity contribution in [2.24, 2.45) is 17.8 Å². The normalized spacial score (nSPS) is 26.2. The van der Waals surface area contributed by atoms with E-state index in [0.29, 0.717) is 11.7 Å². The molecular formula is C15H29NO. The molecule has 17 heavy (non-hydrogen) atoms. The van der Waals surface area contributed by atoms with Crippen molar-refractivity contribution in [2.75, 3.05) is 6.54 Å². The van der Waals surface area contributed by atoms with E-state index in [2.05, 4.69) is 26.1 Å². The minimum Gasteiger partial charge on any atom is -0.312 e. The molecule has 0 aromatic rings. The van der Waals surface area contributed by atoms with Gasteiger partial charge in [0, 0.05) is 17.4 Å². The molecule has 1 fully saturated rings. The summed E-state index contributed by atoms with van der Waals surface area (Å²) in [6.07, 6.45) is 4.64. The summed E-state index contributed by atoms with van der Waals surface area (Å²) >= 11 is 0. The maximum atomic E-state index is 11.9. The van der Waals surface area contributed by atoms with Crippen molar-refractivity contribution >= 4 is 5.78 Å². The second-order valence-electron chi connectivity index (χ2n) is 6.91. The molecule has 1 aliphatic rings. The molecule has 0 radical (unpaired) electrons. The predicted molar refractivity (Wildman–Crippen MR) is 73.0 cm³/mol. The van der Waals surface area contributed by atoms with Crippen molar-refractivity contribution in [2.45, 2.75) is 65.8 Å². The maximum absolute atomic E-state index is 11.9. The number of hydrogen-bond acceptors (Lipinski definition) is 2. The Bertz CT molecular complexity index is 244. The molecule has 0 saturated heterocycles. The maximum Gasteiger partial charge on any atom is 0.138 e. The summed E-state index contributed by atoms with van der Waals surface area (Å²) < 4.78 is 0. The summed E-state index contributed by atoms with van der Waals surface area (Å²) in [5.74, 6) is 1.81. The van der Waals surface area contributed by atoms with Gasteiger partial charge in [-0.25, -0.2) is 0 Å². The SMILES string of the molecule is CC(C)C(=O)C1CCC(CNC(C)(C)C)CC1. The molecule has 1 rings (SSSR count). The summed E-state index contributed by atoms with van der Waals surface area (Å²) in [6, 6.07) is 0. The van der Waals surface area contributed by atoms with Crippen LogP contribution in [0.4, 0.5) is 0 Å². The lowest BCUT2D eigenvalue weighted by Gasteiger charge is -2.31. The van der Waals surface area contributed by atoms with E-state index in [1.807, 2.05) is 13.8 Å². The molecule has 1 N–H and O–H groups in total. The van der Waals surface area contributed by atoms with Gasteiger partial charge in [0.2, 0.25) is 0 Å². The Balaban J connectivity index is 2.29. The van der Waals surface area contributed by atoms with Gasteiger partial charge in [-0.2, -0.15) is 0 Å². The van der Waals surface area contributed by atoms with Crippen LogP contribution in [0.25, 0.3) is 0 Å². The fraction of sp³-hybridized carbons (Fsp3) is 0.933. The van der Waals surface area contributed by atoms with Crippen LogP contribution in [0.1, 0.15) is 60.3 Å². The zero-order valence-corrected chi connectivity index (χ0v) is 12.2. The number of carbonyl (C=O) groups is 1. The van der Waals surface area contributed by atoms with Gasteiger partial charge in [0.05, 0.1) is 0 Å². The summed E-state index contributed by atoms with van der Waals surface area (Å²) in [6.45, 7) is 11.8. The summed E-state index contributed by atoms with van der Waals surface area (Å²) in [5.41, 5.74) is 0.213. The van der Waals surface area contributed by atoms with E-state index in [9.17, 15) is 4.79 Å². The van der Waals surface area contributed by atoms with Crippen LogP contribution in [-0.2, 0) is 4.79 Å². The number of carbonyl (C=O) groups excluding carboxylic acids is 1. The highest BCUT2D eigenvalue weighted by molar-refractivity contribution is 5.82. The highest BCUT2D eigenvalue weighted by Gasteiger charge is 2.27. The molecule has 0 aliphatic heterocycles. The lowest BCUT2D eigenvalue weighted by molar-refractivity contribution is -0.127. The highest BCUT2D eigenvalue weighted by atomic mass is 16.1. The van der Waals surface area contributed by atoms with Crippen molar-refractivity contribution in [3.63, 3.8) is 0 Å². The van der Waals surface area contributed by atoms with Gasteiger partial charge in [0.15, 0.2) is 0 Å². The fourth-order valence-electron chi connectivity index (χ4n) is 2.57. The molecule has 0 aromatic carbocycles. The van der Waals surface area contributed by atoms with Crippen molar-refractivity contribution in [1.82, 2.24) is 5.32 Å². The third-order valence-corrected chi connectivity index (χ3v) is 3.74. The first-order valence-electron chi connectivity index (χ1n) is 7.08. The van der Waals surface area contributed by atoms with Crippen molar-refractivity contribution in [3.05, 3.63) is 0 Å². The lowest BCUT2D eigenvalue weighted by Crippen LogP contribution is -2.40. The first-order chi connectivity index (χ1) is 7.79. The Morgan fingerprint density at radius 1 is 1.18 bits per heavy atom. The molecule has 0 spiro atoms. The van der Waals surface area contributed by atoms with E-state index in [4.69, 9.17) is 0 Å². The van der Waals surface area contributed by atoms with E-state index in [0.717, 1.165) is 25.3 Å². The quantitative estimate of drug-likeness (QED) is 0.814. The topological polar surface area (TPSA) is 29.1 Å². The van der Waals surface area contributed by atoms with Crippen molar-refractivity contribution in [1.29, 1.82) is 0 Å². The largest absolute Gasteiger partial charge is 0.312 e. The van der Waals surface area contributed by atoms with E-state index < -0.39 is 0 Å². The molecule has 1 aliphatic carbocycles. The van der Waals surface area contributed by atoms with Gasteiger partial charge in [-0.05, 0) is 58.9 Å². The minimum absolute atomic E-state index is 0.212. The summed E-state index contributed by atoms with van der Waals surface area (Å²) in [5, 5.41) is 3.57. The van der Waals surface area contributed by atoms with Gasteiger partial charge >= 0.3 is 0 Å². The van der Waals surface area contributed by atoms with Gasteiger partial charge in [-0.3, -0.25) is 4.79 Å². The van der Waals surface area contributed by atoms with Crippen LogP contribution in [0.15, 0.2) is 0 Å². The third-order valence-electron chi connectivity index (χ3n) is 3.74. The smallest absolute Gasteiger partial charge is 0.138 e. The van der Waals surface area contributed by atoms with Crippen molar-refractivity contribution in [3.8, 4) is 0 Å². The Labute approximate surface area is 107 Å². The molecule has 0 atom stereocenters. The van der Waals surface area contributed by atoms with Crippen LogP contribution in [-0.4, -0.2) is 17.9 Å². The lowest BCUT2D eigenvalue weighted by atomic mass is 9.77. The van der Waals surface area contributed by atoms with Crippen LogP contribution in [0.5, 0.6) is 0 Å². The fourth-order valence-corrected chi connectivity index (χ4v) is 2.57. The first-order valence-corrected chi connectivity index (χ1v) is 7.08. The number of ketones is 1. The second-order valence-corrected chi connectivity index (χ2v) is 6.91. The average molecular weight is 239 g/mol. The van der Waals surface area contributed by atoms with Crippen LogP contribution >= 0.6 is 0 Å². The van der Waals surface area contributed by atoms with Gasteiger partial charge in [0.25, 0.3) is 0 Å². The number of hydrogen-bond donors (Lipinski definition) is 1. The Hall–Kier alpha value is -0.370. The highest BCUT2D eigenvalue weighted by Crippen LogP contribution is 2.30. The summed E-state index contributed by atoms with van der Waals surface area (Å²) in [4.78, 5) is 11.9. The van der Waals surface area contributed by atoms with Gasteiger partial charge in [0.1, 0.15) is 5.78 Å². The standard InChI is InChI=1S/C15H29NO/c1-11(2)14(17)13-8-6-12(7-9-13)10-16-15(3,4)5/h11-13,16H,6-10H2,1-5H3. The van der Waals surface area contributed by atoms with Crippen LogP contribution in [0.3, 0.4) is 0 Å². The van der Waals surface area contributed by atoms with E-state index in [-0.39, 0.29) is 11.5 Å². The molecular weight excluding hydrogens is 210 g/mol. The monoisotopic (exact) mass is 239 g/mol. The number of rotatable bonds is 4. The molecule has 100 valence electrons.